The molecule has 0 aromatic carbocycles. The van der Waals surface area contributed by atoms with Crippen LogP contribution in [0.2, 0.25) is 0 Å². The van der Waals surface area contributed by atoms with E-state index in [4.69, 9.17) is 0 Å². The second-order valence-electron chi connectivity index (χ2n) is 5.73. The van der Waals surface area contributed by atoms with E-state index in [-0.39, 0.29) is 11.8 Å². The van der Waals surface area contributed by atoms with Gasteiger partial charge in [-0.2, -0.15) is 0 Å². The van der Waals surface area contributed by atoms with Crippen molar-refractivity contribution in [2.24, 2.45) is 0 Å². The van der Waals surface area contributed by atoms with E-state index in [2.05, 4.69) is 29.5 Å². The van der Waals surface area contributed by atoms with E-state index >= 15 is 0 Å². The van der Waals surface area contributed by atoms with Gasteiger partial charge in [0.15, 0.2) is 0 Å². The van der Waals surface area contributed by atoms with Gasteiger partial charge >= 0.3 is 0 Å². The fraction of sp³-hybridized carbons (Fsp3) is 0.571. The van der Waals surface area contributed by atoms with Gasteiger partial charge in [-0.15, -0.1) is 11.3 Å². The molecular formula is C14H21N5O2S2. The Hall–Kier alpha value is -1.29. The Morgan fingerprint density at radius 1 is 1.48 bits per heavy atom. The molecule has 126 valence electrons. The Bertz CT molecular complexity index is 768. The molecule has 1 aliphatic rings. The van der Waals surface area contributed by atoms with Crippen LogP contribution >= 0.6 is 11.3 Å². The third-order valence-corrected chi connectivity index (χ3v) is 6.15. The van der Waals surface area contributed by atoms with Crippen molar-refractivity contribution in [2.75, 3.05) is 18.8 Å². The van der Waals surface area contributed by atoms with Crippen LogP contribution < -0.4 is 4.72 Å². The highest BCUT2D eigenvalue weighted by molar-refractivity contribution is 7.89. The second-order valence-corrected chi connectivity index (χ2v) is 8.88. The highest BCUT2D eigenvalue weighted by atomic mass is 32.2. The summed E-state index contributed by atoms with van der Waals surface area (Å²) in [5.41, 5.74) is 2.16. The van der Waals surface area contributed by atoms with Crippen molar-refractivity contribution in [3.8, 4) is 0 Å². The number of imidazole rings is 1. The highest BCUT2D eigenvalue weighted by Gasteiger charge is 2.26. The molecule has 0 radical (unpaired) electrons. The smallest absolute Gasteiger partial charge is 0.211 e. The number of aryl methyl sites for hydroxylation is 1. The van der Waals surface area contributed by atoms with Gasteiger partial charge in [-0.3, -0.25) is 4.90 Å². The molecule has 0 fully saturated rings. The fourth-order valence-electron chi connectivity index (χ4n) is 2.78. The number of fused-ring (bicyclic) bond motifs is 1. The summed E-state index contributed by atoms with van der Waals surface area (Å²) in [6.45, 7) is 6.36. The van der Waals surface area contributed by atoms with Crippen molar-refractivity contribution in [1.82, 2.24) is 24.2 Å². The van der Waals surface area contributed by atoms with Crippen molar-refractivity contribution in [3.05, 3.63) is 34.3 Å². The van der Waals surface area contributed by atoms with Crippen molar-refractivity contribution in [2.45, 2.75) is 33.0 Å². The molecule has 1 unspecified atom stereocenters. The fourth-order valence-corrected chi connectivity index (χ4v) is 4.04. The Kier molecular flexibility index (Phi) is 4.81. The average molecular weight is 355 g/mol. The monoisotopic (exact) mass is 355 g/mol. The zero-order chi connectivity index (χ0) is 16.4. The predicted octanol–water partition coefficient (Wildman–Crippen LogP) is 1.14. The van der Waals surface area contributed by atoms with Crippen LogP contribution in [0.1, 0.15) is 29.4 Å². The number of rotatable bonds is 6. The van der Waals surface area contributed by atoms with Crippen molar-refractivity contribution in [3.63, 3.8) is 0 Å². The summed E-state index contributed by atoms with van der Waals surface area (Å²) >= 11 is 1.65. The Labute approximate surface area is 140 Å². The topological polar surface area (TPSA) is 80.1 Å². The molecule has 0 bridgehead atoms. The minimum absolute atomic E-state index is 0.0438. The van der Waals surface area contributed by atoms with Crippen LogP contribution in [0.25, 0.3) is 0 Å². The minimum atomic E-state index is -3.19. The zero-order valence-electron chi connectivity index (χ0n) is 13.3. The first kappa shape index (κ1) is 16.6. The van der Waals surface area contributed by atoms with Gasteiger partial charge in [0.1, 0.15) is 0 Å². The first-order chi connectivity index (χ1) is 11.0. The normalized spacial score (nSPS) is 19.0. The lowest BCUT2D eigenvalue weighted by atomic mass is 10.2. The molecule has 1 N–H and O–H groups in total. The van der Waals surface area contributed by atoms with Crippen LogP contribution in [-0.2, 0) is 23.1 Å². The number of nitrogens with one attached hydrogen (secondary N) is 1. The van der Waals surface area contributed by atoms with E-state index in [1.807, 2.05) is 13.1 Å². The molecule has 0 saturated heterocycles. The van der Waals surface area contributed by atoms with Gasteiger partial charge in [0.25, 0.3) is 0 Å². The van der Waals surface area contributed by atoms with Gasteiger partial charge in [-0.05, 0) is 13.8 Å². The van der Waals surface area contributed by atoms with Crippen LogP contribution in [0.4, 0.5) is 0 Å². The third-order valence-electron chi connectivity index (χ3n) is 3.97. The van der Waals surface area contributed by atoms with E-state index in [1.54, 1.807) is 24.6 Å². The molecule has 23 heavy (non-hydrogen) atoms. The summed E-state index contributed by atoms with van der Waals surface area (Å²) in [4.78, 5) is 11.0. The van der Waals surface area contributed by atoms with E-state index in [1.165, 1.54) is 0 Å². The Morgan fingerprint density at radius 2 is 2.30 bits per heavy atom. The van der Waals surface area contributed by atoms with Gasteiger partial charge < -0.3 is 4.57 Å². The molecule has 7 nitrogen and oxygen atoms in total. The summed E-state index contributed by atoms with van der Waals surface area (Å²) in [7, 11) is -3.19. The number of hydrogen-bond donors (Lipinski definition) is 1. The minimum Gasteiger partial charge on any atom is -0.328 e. The molecular weight excluding hydrogens is 334 g/mol. The number of hydrogen-bond acceptors (Lipinski definition) is 6. The molecule has 2 aromatic rings. The molecule has 1 atom stereocenters. The lowest BCUT2D eigenvalue weighted by Gasteiger charge is -2.34. The quantitative estimate of drug-likeness (QED) is 0.841. The second kappa shape index (κ2) is 6.68. The number of aromatic nitrogens is 3. The van der Waals surface area contributed by atoms with Gasteiger partial charge in [0, 0.05) is 37.8 Å². The highest BCUT2D eigenvalue weighted by Crippen LogP contribution is 2.22. The first-order valence-corrected chi connectivity index (χ1v) is 10.1. The number of thiazole rings is 1. The summed E-state index contributed by atoms with van der Waals surface area (Å²) in [6.07, 6.45) is 3.63. The summed E-state index contributed by atoms with van der Waals surface area (Å²) in [5, 5.41) is 3.14. The molecule has 0 amide bonds. The SMILES string of the molecule is CCS(=O)(=O)NCC1CN(Cc2csc(C)n2)Cc2cncn21. The third kappa shape index (κ3) is 3.97. The van der Waals surface area contributed by atoms with E-state index in [9.17, 15) is 8.42 Å². The van der Waals surface area contributed by atoms with Crippen molar-refractivity contribution in [1.29, 1.82) is 0 Å². The predicted molar refractivity (Wildman–Crippen MR) is 89.7 cm³/mol. The maximum absolute atomic E-state index is 11.7. The molecule has 0 saturated carbocycles. The molecule has 0 aliphatic carbocycles. The Morgan fingerprint density at radius 3 is 3.00 bits per heavy atom. The van der Waals surface area contributed by atoms with Crippen LogP contribution in [0.3, 0.4) is 0 Å². The molecule has 3 heterocycles. The Balaban J connectivity index is 1.72. The lowest BCUT2D eigenvalue weighted by Crippen LogP contribution is -2.42. The van der Waals surface area contributed by atoms with E-state index in [0.29, 0.717) is 6.54 Å². The summed E-state index contributed by atoms with van der Waals surface area (Å²) in [6, 6.07) is 0.0438. The number of nitrogens with zero attached hydrogens (tertiary/aromatic N) is 4. The summed E-state index contributed by atoms with van der Waals surface area (Å²) < 4.78 is 28.2. The van der Waals surface area contributed by atoms with Gasteiger partial charge in [0.2, 0.25) is 10.0 Å². The van der Waals surface area contributed by atoms with Crippen molar-refractivity contribution >= 4 is 21.4 Å². The van der Waals surface area contributed by atoms with E-state index < -0.39 is 10.0 Å². The largest absolute Gasteiger partial charge is 0.328 e. The van der Waals surface area contributed by atoms with Crippen molar-refractivity contribution < 1.29 is 8.42 Å². The molecule has 9 heteroatoms. The van der Waals surface area contributed by atoms with Crippen LogP contribution in [0, 0.1) is 6.92 Å². The van der Waals surface area contributed by atoms with E-state index in [0.717, 1.165) is 36.0 Å². The van der Waals surface area contributed by atoms with Crippen LogP contribution in [0.5, 0.6) is 0 Å². The summed E-state index contributed by atoms with van der Waals surface area (Å²) in [5.74, 6) is 0.0956. The molecule has 1 aliphatic heterocycles. The standard InChI is InChI=1S/C14H21N5O2S2/c1-3-23(20,21)16-5-14-8-18(6-12-9-22-11(2)17-12)7-13-4-15-10-19(13)14/h4,9-10,14,16H,3,5-8H2,1-2H3. The number of sulfonamides is 1. The van der Waals surface area contributed by atoms with Gasteiger partial charge in [0.05, 0.1) is 34.5 Å². The maximum Gasteiger partial charge on any atom is 0.211 e. The zero-order valence-corrected chi connectivity index (χ0v) is 14.9. The molecule has 0 spiro atoms. The lowest BCUT2D eigenvalue weighted by molar-refractivity contribution is 0.176. The molecule has 3 rings (SSSR count). The average Bonchev–Trinajstić information content (AvgIpc) is 3.14. The van der Waals surface area contributed by atoms with Gasteiger partial charge in [-0.25, -0.2) is 23.1 Å². The maximum atomic E-state index is 11.7. The van der Waals surface area contributed by atoms with Gasteiger partial charge in [-0.1, -0.05) is 0 Å². The van der Waals surface area contributed by atoms with Crippen LogP contribution in [-0.4, -0.2) is 46.7 Å². The molecule has 2 aromatic heterocycles. The van der Waals surface area contributed by atoms with Crippen LogP contribution in [0.15, 0.2) is 17.9 Å². The first-order valence-electron chi connectivity index (χ1n) is 7.58.